The number of ether oxygens (including phenoxy) is 2. The van der Waals surface area contributed by atoms with Gasteiger partial charge in [-0.25, -0.2) is 9.59 Å². The second-order valence-corrected chi connectivity index (χ2v) is 5.71. The van der Waals surface area contributed by atoms with E-state index in [0.717, 1.165) is 21.9 Å². The van der Waals surface area contributed by atoms with Gasteiger partial charge < -0.3 is 13.9 Å². The molecule has 0 spiro atoms. The van der Waals surface area contributed by atoms with Crippen LogP contribution in [0, 0.1) is 6.92 Å². The first kappa shape index (κ1) is 14.5. The Bertz CT molecular complexity index is 1120. The van der Waals surface area contributed by atoms with Crippen LogP contribution in [0.3, 0.4) is 0 Å². The van der Waals surface area contributed by atoms with Gasteiger partial charge in [0.1, 0.15) is 11.1 Å². The molecule has 0 atom stereocenters. The highest BCUT2D eigenvalue weighted by atomic mass is 16.5. The lowest BCUT2D eigenvalue weighted by Gasteiger charge is -2.04. The molecule has 120 valence electrons. The number of carbonyl (C=O) groups excluding carboxylic acids is 2. The Balaban J connectivity index is 2.36. The van der Waals surface area contributed by atoms with Crippen molar-refractivity contribution < 1.29 is 19.1 Å². The Morgan fingerprint density at radius 1 is 0.833 bits per heavy atom. The third-order valence-electron chi connectivity index (χ3n) is 4.51. The van der Waals surface area contributed by atoms with E-state index in [4.69, 9.17) is 9.47 Å². The molecular formula is C19H15NO4. The van der Waals surface area contributed by atoms with Gasteiger partial charge in [0.15, 0.2) is 0 Å². The molecule has 0 aliphatic heterocycles. The van der Waals surface area contributed by atoms with E-state index in [1.807, 2.05) is 47.7 Å². The van der Waals surface area contributed by atoms with Gasteiger partial charge in [-0.2, -0.15) is 0 Å². The zero-order valence-corrected chi connectivity index (χ0v) is 13.5. The summed E-state index contributed by atoms with van der Waals surface area (Å²) >= 11 is 0. The van der Waals surface area contributed by atoms with Crippen LogP contribution in [0.25, 0.3) is 27.3 Å². The topological polar surface area (TPSA) is 57.0 Å². The first-order valence-electron chi connectivity index (χ1n) is 7.54. The predicted octanol–water partition coefficient (Wildman–Crippen LogP) is 3.57. The van der Waals surface area contributed by atoms with Gasteiger partial charge in [-0.1, -0.05) is 30.3 Å². The van der Waals surface area contributed by atoms with Crippen molar-refractivity contribution in [3.63, 3.8) is 0 Å². The van der Waals surface area contributed by atoms with Crippen LogP contribution in [0.15, 0.2) is 36.4 Å². The Hall–Kier alpha value is -3.08. The average molecular weight is 321 g/mol. The number of aromatic nitrogens is 1. The third-order valence-corrected chi connectivity index (χ3v) is 4.51. The van der Waals surface area contributed by atoms with Gasteiger partial charge in [0.25, 0.3) is 0 Å². The second kappa shape index (κ2) is 4.96. The molecule has 24 heavy (non-hydrogen) atoms. The van der Waals surface area contributed by atoms with E-state index >= 15 is 0 Å². The summed E-state index contributed by atoms with van der Waals surface area (Å²) in [6.07, 6.45) is 0. The quantitative estimate of drug-likeness (QED) is 0.530. The van der Waals surface area contributed by atoms with E-state index in [1.165, 1.54) is 14.2 Å². The Kier molecular flexibility index (Phi) is 3.00. The van der Waals surface area contributed by atoms with E-state index in [1.54, 1.807) is 0 Å². The zero-order chi connectivity index (χ0) is 17.0. The molecule has 0 radical (unpaired) electrons. The van der Waals surface area contributed by atoms with E-state index in [-0.39, 0.29) is 11.1 Å². The van der Waals surface area contributed by atoms with Crippen LogP contribution in [0.1, 0.15) is 26.3 Å². The van der Waals surface area contributed by atoms with Gasteiger partial charge in [0, 0.05) is 10.8 Å². The fourth-order valence-corrected chi connectivity index (χ4v) is 3.53. The van der Waals surface area contributed by atoms with Crippen LogP contribution in [0.2, 0.25) is 0 Å². The number of benzene rings is 1. The molecule has 0 bridgehead atoms. The maximum Gasteiger partial charge on any atom is 0.340 e. The van der Waals surface area contributed by atoms with Gasteiger partial charge in [0.2, 0.25) is 0 Å². The van der Waals surface area contributed by atoms with Crippen LogP contribution >= 0.6 is 0 Å². The minimum atomic E-state index is -0.548. The molecule has 0 N–H and O–H groups in total. The van der Waals surface area contributed by atoms with Crippen molar-refractivity contribution in [3.05, 3.63) is 53.1 Å². The standard InChI is InChI=1S/C19H15NO4/c1-10-8-9-13-14(18(21)23-2)15(19(22)24-3)17-12-7-5-4-6-11(12)16(10)20(13)17/h4-9H,1-3H3. The van der Waals surface area contributed by atoms with Crippen molar-refractivity contribution in [2.75, 3.05) is 14.2 Å². The number of fused-ring (bicyclic) bond motifs is 3. The minimum Gasteiger partial charge on any atom is -0.465 e. The van der Waals surface area contributed by atoms with Crippen LogP contribution in [0.4, 0.5) is 0 Å². The maximum atomic E-state index is 12.5. The highest BCUT2D eigenvalue weighted by Crippen LogP contribution is 2.39. The molecule has 3 aromatic heterocycles. The summed E-state index contributed by atoms with van der Waals surface area (Å²) in [7, 11) is 2.62. The van der Waals surface area contributed by atoms with Crippen LogP contribution in [-0.2, 0) is 9.47 Å². The van der Waals surface area contributed by atoms with Gasteiger partial charge in [-0.3, -0.25) is 0 Å². The van der Waals surface area contributed by atoms with Gasteiger partial charge in [-0.15, -0.1) is 0 Å². The Morgan fingerprint density at radius 3 is 2.04 bits per heavy atom. The molecule has 0 aliphatic rings. The maximum absolute atomic E-state index is 12.5. The van der Waals surface area contributed by atoms with Gasteiger partial charge in [-0.05, 0) is 18.6 Å². The first-order valence-corrected chi connectivity index (χ1v) is 7.54. The summed E-state index contributed by atoms with van der Waals surface area (Å²) in [4.78, 5) is 24.8. The third kappa shape index (κ3) is 1.64. The van der Waals surface area contributed by atoms with Crippen molar-refractivity contribution in [1.82, 2.24) is 4.40 Å². The summed E-state index contributed by atoms with van der Waals surface area (Å²) in [6.45, 7) is 2.01. The van der Waals surface area contributed by atoms with Crippen molar-refractivity contribution in [1.29, 1.82) is 0 Å². The number of hydrogen-bond donors (Lipinski definition) is 0. The lowest BCUT2D eigenvalue weighted by atomic mass is 10.0. The number of aryl methyl sites for hydroxylation is 1. The number of rotatable bonds is 2. The predicted molar refractivity (Wildman–Crippen MR) is 91.0 cm³/mol. The highest BCUT2D eigenvalue weighted by Gasteiger charge is 2.30. The molecule has 0 amide bonds. The second-order valence-electron chi connectivity index (χ2n) is 5.71. The molecule has 4 aromatic rings. The van der Waals surface area contributed by atoms with E-state index in [9.17, 15) is 9.59 Å². The number of pyridine rings is 1. The molecule has 0 fully saturated rings. The van der Waals surface area contributed by atoms with Crippen LogP contribution < -0.4 is 0 Å². The summed E-state index contributed by atoms with van der Waals surface area (Å²) < 4.78 is 11.8. The molecule has 1 aromatic carbocycles. The molecular weight excluding hydrogens is 306 g/mol. The summed E-state index contributed by atoms with van der Waals surface area (Å²) in [5.41, 5.74) is 3.88. The number of hydrogen-bond acceptors (Lipinski definition) is 4. The summed E-state index contributed by atoms with van der Waals surface area (Å²) in [5, 5.41) is 1.95. The summed E-state index contributed by atoms with van der Waals surface area (Å²) in [6, 6.07) is 11.6. The van der Waals surface area contributed by atoms with E-state index in [2.05, 4.69) is 0 Å². The van der Waals surface area contributed by atoms with Gasteiger partial charge >= 0.3 is 11.9 Å². The SMILES string of the molecule is COC(=O)c1c(C(=O)OC)c2c3ccccc3c3c(C)ccc1n32. The molecule has 5 nitrogen and oxygen atoms in total. The van der Waals surface area contributed by atoms with Crippen molar-refractivity contribution in [2.45, 2.75) is 6.92 Å². The van der Waals surface area contributed by atoms with E-state index < -0.39 is 11.9 Å². The Labute approximate surface area is 137 Å². The molecule has 4 rings (SSSR count). The van der Waals surface area contributed by atoms with Crippen molar-refractivity contribution in [2.24, 2.45) is 0 Å². The van der Waals surface area contributed by atoms with Gasteiger partial charge in [0.05, 0.1) is 30.8 Å². The number of esters is 2. The molecule has 0 unspecified atom stereocenters. The lowest BCUT2D eigenvalue weighted by molar-refractivity contribution is 0.0559. The normalized spacial score (nSPS) is 11.5. The largest absolute Gasteiger partial charge is 0.465 e. The fourth-order valence-electron chi connectivity index (χ4n) is 3.53. The highest BCUT2D eigenvalue weighted by molar-refractivity contribution is 6.23. The molecule has 0 aliphatic carbocycles. The zero-order valence-electron chi connectivity index (χ0n) is 13.5. The van der Waals surface area contributed by atoms with Crippen LogP contribution in [-0.4, -0.2) is 30.6 Å². The van der Waals surface area contributed by atoms with Crippen molar-refractivity contribution in [3.8, 4) is 0 Å². The molecule has 5 heteroatoms. The lowest BCUT2D eigenvalue weighted by Crippen LogP contribution is -2.10. The number of carbonyl (C=O) groups is 2. The fraction of sp³-hybridized carbons (Fsp3) is 0.158. The first-order chi connectivity index (χ1) is 11.6. The monoisotopic (exact) mass is 321 g/mol. The minimum absolute atomic E-state index is 0.245. The van der Waals surface area contributed by atoms with E-state index in [0.29, 0.717) is 11.0 Å². The number of methoxy groups -OCH3 is 2. The molecule has 3 heterocycles. The molecule has 0 saturated heterocycles. The van der Waals surface area contributed by atoms with Crippen LogP contribution in [0.5, 0.6) is 0 Å². The molecule has 0 saturated carbocycles. The summed E-state index contributed by atoms with van der Waals surface area (Å²) in [5.74, 6) is -1.09. The smallest absolute Gasteiger partial charge is 0.340 e. The Morgan fingerprint density at radius 2 is 1.42 bits per heavy atom. The number of nitrogens with zero attached hydrogens (tertiary/aromatic N) is 1. The average Bonchev–Trinajstić information content (AvgIpc) is 3.12. The van der Waals surface area contributed by atoms with Crippen molar-refractivity contribution >= 4 is 39.3 Å².